The van der Waals surface area contributed by atoms with Gasteiger partial charge in [-0.2, -0.15) is 5.10 Å². The summed E-state index contributed by atoms with van der Waals surface area (Å²) in [6.45, 7) is 3.42. The summed E-state index contributed by atoms with van der Waals surface area (Å²) in [6, 6.07) is 5.01. The lowest BCUT2D eigenvalue weighted by Gasteiger charge is -2.20. The molecule has 0 fully saturated rings. The van der Waals surface area contributed by atoms with Crippen molar-refractivity contribution in [1.29, 1.82) is 0 Å². The monoisotopic (exact) mass is 321 g/mol. The van der Waals surface area contributed by atoms with Crippen molar-refractivity contribution in [2.45, 2.75) is 19.5 Å². The average molecular weight is 322 g/mol. The number of ether oxygens (including phenoxy) is 2. The third-order valence-corrected chi connectivity index (χ3v) is 3.54. The molecule has 0 bridgehead atoms. The summed E-state index contributed by atoms with van der Waals surface area (Å²) in [5.41, 5.74) is 0.446. The van der Waals surface area contributed by atoms with E-state index in [1.807, 2.05) is 19.2 Å². The Bertz CT molecular complexity index is 673. The van der Waals surface area contributed by atoms with E-state index in [1.165, 1.54) is 0 Å². The third kappa shape index (κ3) is 3.17. The molecular weight excluding hydrogens is 306 g/mol. The van der Waals surface area contributed by atoms with E-state index in [0.717, 1.165) is 0 Å². The van der Waals surface area contributed by atoms with Gasteiger partial charge < -0.3 is 14.8 Å². The van der Waals surface area contributed by atoms with Crippen LogP contribution in [0.25, 0.3) is 0 Å². The second kappa shape index (κ2) is 6.27. The lowest BCUT2D eigenvalue weighted by molar-refractivity contribution is 0.0934. The van der Waals surface area contributed by atoms with E-state index in [4.69, 9.17) is 21.1 Å². The van der Waals surface area contributed by atoms with Crippen molar-refractivity contribution in [2.75, 3.05) is 13.2 Å². The first kappa shape index (κ1) is 14.7. The number of benzene rings is 1. The topological polar surface area (TPSA) is 65.4 Å². The summed E-state index contributed by atoms with van der Waals surface area (Å²) in [5, 5.41) is 7.41. The zero-order valence-corrected chi connectivity index (χ0v) is 12.8. The number of carbonyl (C=O) groups is 1. The Morgan fingerprint density at radius 1 is 1.45 bits per heavy atom. The molecule has 2 heterocycles. The molecule has 0 aliphatic carbocycles. The molecule has 1 amide bonds. The minimum atomic E-state index is -0.210. The molecule has 6 nitrogen and oxygen atoms in total. The van der Waals surface area contributed by atoms with Crippen LogP contribution in [-0.4, -0.2) is 34.9 Å². The number of amides is 1. The van der Waals surface area contributed by atoms with Crippen molar-refractivity contribution in [3.05, 3.63) is 41.2 Å². The summed E-state index contributed by atoms with van der Waals surface area (Å²) in [7, 11) is 0. The van der Waals surface area contributed by atoms with Gasteiger partial charge in [-0.3, -0.25) is 9.48 Å². The normalized spacial score (nSPS) is 14.5. The van der Waals surface area contributed by atoms with Crippen LogP contribution in [0.4, 0.5) is 0 Å². The number of halogens is 1. The van der Waals surface area contributed by atoms with Crippen LogP contribution in [0.2, 0.25) is 5.02 Å². The molecule has 116 valence electrons. The number of rotatable bonds is 4. The van der Waals surface area contributed by atoms with Gasteiger partial charge in [0.05, 0.1) is 11.6 Å². The van der Waals surface area contributed by atoms with Gasteiger partial charge in [-0.15, -0.1) is 0 Å². The number of hydrogen-bond donors (Lipinski definition) is 1. The van der Waals surface area contributed by atoms with Gasteiger partial charge in [0.1, 0.15) is 13.2 Å². The zero-order valence-electron chi connectivity index (χ0n) is 12.1. The highest BCUT2D eigenvalue weighted by Gasteiger charge is 2.20. The Balaban J connectivity index is 1.70. The highest BCUT2D eigenvalue weighted by molar-refractivity contribution is 6.32. The predicted octanol–water partition coefficient (Wildman–Crippen LogP) is 2.13. The second-order valence-corrected chi connectivity index (χ2v) is 5.49. The average Bonchev–Trinajstić information content (AvgIpc) is 3.00. The van der Waals surface area contributed by atoms with Crippen molar-refractivity contribution in [3.8, 4) is 11.5 Å². The van der Waals surface area contributed by atoms with E-state index in [1.54, 1.807) is 23.0 Å². The first-order valence-electron chi connectivity index (χ1n) is 7.01. The first-order valence-corrected chi connectivity index (χ1v) is 7.38. The fourth-order valence-electron chi connectivity index (χ4n) is 2.28. The van der Waals surface area contributed by atoms with E-state index in [9.17, 15) is 4.79 Å². The number of aromatic nitrogens is 2. The van der Waals surface area contributed by atoms with E-state index >= 15 is 0 Å². The van der Waals surface area contributed by atoms with E-state index in [-0.39, 0.29) is 11.9 Å². The second-order valence-electron chi connectivity index (χ2n) is 5.08. The number of fused-ring (bicyclic) bond motifs is 1. The van der Waals surface area contributed by atoms with Crippen LogP contribution in [0.15, 0.2) is 30.6 Å². The van der Waals surface area contributed by atoms with Crippen LogP contribution in [-0.2, 0) is 6.54 Å². The SMILES string of the molecule is C[C@@H](Cn1cccn1)NC(=O)c1cc(Cl)c2c(c1)OCCO2. The molecule has 7 heteroatoms. The van der Waals surface area contributed by atoms with E-state index in [2.05, 4.69) is 10.4 Å². The minimum Gasteiger partial charge on any atom is -0.486 e. The Kier molecular flexibility index (Phi) is 4.20. The number of hydrogen-bond acceptors (Lipinski definition) is 4. The molecule has 0 saturated heterocycles. The standard InChI is InChI=1S/C15H16ClN3O3/c1-10(9-19-4-2-3-17-19)18-15(20)11-7-12(16)14-13(8-11)21-5-6-22-14/h2-4,7-8,10H,5-6,9H2,1H3,(H,18,20)/t10-/m0/s1. The number of nitrogens with zero attached hydrogens (tertiary/aromatic N) is 2. The Hall–Kier alpha value is -2.21. The van der Waals surface area contributed by atoms with Crippen LogP contribution in [0.1, 0.15) is 17.3 Å². The lowest BCUT2D eigenvalue weighted by atomic mass is 10.1. The molecular formula is C15H16ClN3O3. The largest absolute Gasteiger partial charge is 0.486 e. The molecule has 0 saturated carbocycles. The molecule has 22 heavy (non-hydrogen) atoms. The van der Waals surface area contributed by atoms with Gasteiger partial charge in [0, 0.05) is 24.0 Å². The van der Waals surface area contributed by atoms with Crippen LogP contribution < -0.4 is 14.8 Å². The van der Waals surface area contributed by atoms with Crippen molar-refractivity contribution in [3.63, 3.8) is 0 Å². The predicted molar refractivity (Wildman–Crippen MR) is 81.6 cm³/mol. The van der Waals surface area contributed by atoms with Gasteiger partial charge in [-0.1, -0.05) is 11.6 Å². The lowest BCUT2D eigenvalue weighted by Crippen LogP contribution is -2.35. The third-order valence-electron chi connectivity index (χ3n) is 3.26. The van der Waals surface area contributed by atoms with Gasteiger partial charge in [0.15, 0.2) is 11.5 Å². The summed E-state index contributed by atoms with van der Waals surface area (Å²) >= 11 is 6.14. The zero-order chi connectivity index (χ0) is 15.5. The molecule has 1 atom stereocenters. The fourth-order valence-corrected chi connectivity index (χ4v) is 2.55. The molecule has 1 aliphatic rings. The maximum atomic E-state index is 12.3. The van der Waals surface area contributed by atoms with Crippen molar-refractivity contribution in [2.24, 2.45) is 0 Å². The molecule has 2 aromatic rings. The molecule has 1 N–H and O–H groups in total. The van der Waals surface area contributed by atoms with Crippen molar-refractivity contribution in [1.82, 2.24) is 15.1 Å². The Morgan fingerprint density at radius 2 is 2.27 bits per heavy atom. The van der Waals surface area contributed by atoms with Crippen molar-refractivity contribution >= 4 is 17.5 Å². The molecule has 1 aliphatic heterocycles. The van der Waals surface area contributed by atoms with Crippen LogP contribution in [0.3, 0.4) is 0 Å². The van der Waals surface area contributed by atoms with Crippen LogP contribution in [0.5, 0.6) is 11.5 Å². The number of carbonyl (C=O) groups excluding carboxylic acids is 1. The highest BCUT2D eigenvalue weighted by atomic mass is 35.5. The molecule has 1 aromatic heterocycles. The Morgan fingerprint density at radius 3 is 3.05 bits per heavy atom. The fraction of sp³-hybridized carbons (Fsp3) is 0.333. The van der Waals surface area contributed by atoms with Gasteiger partial charge in [0.2, 0.25) is 0 Å². The molecule has 0 unspecified atom stereocenters. The van der Waals surface area contributed by atoms with Crippen LogP contribution >= 0.6 is 11.6 Å². The Labute approximate surface area is 133 Å². The smallest absolute Gasteiger partial charge is 0.251 e. The molecule has 0 spiro atoms. The quantitative estimate of drug-likeness (QED) is 0.937. The number of nitrogens with one attached hydrogen (secondary N) is 1. The first-order chi connectivity index (χ1) is 10.6. The summed E-state index contributed by atoms with van der Waals surface area (Å²) in [5.74, 6) is 0.788. The molecule has 3 rings (SSSR count). The van der Waals surface area contributed by atoms with E-state index < -0.39 is 0 Å². The van der Waals surface area contributed by atoms with E-state index in [0.29, 0.717) is 41.8 Å². The summed E-state index contributed by atoms with van der Waals surface area (Å²) in [6.07, 6.45) is 3.55. The summed E-state index contributed by atoms with van der Waals surface area (Å²) < 4.78 is 12.7. The molecule has 0 radical (unpaired) electrons. The van der Waals surface area contributed by atoms with Crippen LogP contribution in [0, 0.1) is 0 Å². The maximum Gasteiger partial charge on any atom is 0.251 e. The van der Waals surface area contributed by atoms with Crippen molar-refractivity contribution < 1.29 is 14.3 Å². The summed E-state index contributed by atoms with van der Waals surface area (Å²) in [4.78, 5) is 12.3. The van der Waals surface area contributed by atoms with Gasteiger partial charge >= 0.3 is 0 Å². The van der Waals surface area contributed by atoms with Gasteiger partial charge in [-0.25, -0.2) is 0 Å². The highest BCUT2D eigenvalue weighted by Crippen LogP contribution is 2.38. The van der Waals surface area contributed by atoms with Gasteiger partial charge in [-0.05, 0) is 25.1 Å². The minimum absolute atomic E-state index is 0.0700. The van der Waals surface area contributed by atoms with Gasteiger partial charge in [0.25, 0.3) is 5.91 Å². The maximum absolute atomic E-state index is 12.3. The molecule has 1 aromatic carbocycles.